The van der Waals surface area contributed by atoms with E-state index in [1.54, 1.807) is 0 Å². The number of nitrogens with one attached hydrogen (secondary N) is 1. The fourth-order valence-electron chi connectivity index (χ4n) is 2.03. The minimum Gasteiger partial charge on any atom is -0.337 e. The molecule has 2 rings (SSSR count). The van der Waals surface area contributed by atoms with Crippen LogP contribution < -0.4 is 5.32 Å². The largest absolute Gasteiger partial charge is 0.337 e. The summed E-state index contributed by atoms with van der Waals surface area (Å²) in [6.07, 6.45) is 9.43. The molecule has 0 aliphatic carbocycles. The first-order valence-corrected chi connectivity index (χ1v) is 6.61. The van der Waals surface area contributed by atoms with Gasteiger partial charge in [-0.1, -0.05) is 20.8 Å². The Morgan fingerprint density at radius 2 is 2.05 bits per heavy atom. The van der Waals surface area contributed by atoms with Crippen molar-refractivity contribution in [3.8, 4) is 0 Å². The molecule has 0 aliphatic heterocycles. The van der Waals surface area contributed by atoms with Crippen LogP contribution in [0, 0.1) is 5.41 Å². The number of aromatic nitrogens is 4. The quantitative estimate of drug-likeness (QED) is 0.893. The van der Waals surface area contributed by atoms with Gasteiger partial charge in [0.1, 0.15) is 0 Å². The van der Waals surface area contributed by atoms with Gasteiger partial charge in [-0.3, -0.25) is 0 Å². The number of aryl methyl sites for hydroxylation is 1. The van der Waals surface area contributed by atoms with E-state index in [4.69, 9.17) is 0 Å². The third-order valence-corrected chi connectivity index (χ3v) is 3.44. The molecule has 0 spiro atoms. The molecule has 0 saturated heterocycles. The first-order chi connectivity index (χ1) is 8.97. The first-order valence-electron chi connectivity index (χ1n) is 6.61. The molecule has 0 amide bonds. The van der Waals surface area contributed by atoms with Crippen LogP contribution in [0.3, 0.4) is 0 Å². The molecule has 2 aromatic heterocycles. The summed E-state index contributed by atoms with van der Waals surface area (Å²) in [6.45, 7) is 8.51. The molecule has 19 heavy (non-hydrogen) atoms. The van der Waals surface area contributed by atoms with Gasteiger partial charge in [0.05, 0.1) is 18.3 Å². The highest BCUT2D eigenvalue weighted by Gasteiger charge is 2.24. The van der Waals surface area contributed by atoms with Crippen molar-refractivity contribution in [2.75, 3.05) is 0 Å². The summed E-state index contributed by atoms with van der Waals surface area (Å²) >= 11 is 0. The lowest BCUT2D eigenvalue weighted by Crippen LogP contribution is -2.43. The maximum absolute atomic E-state index is 4.15. The van der Waals surface area contributed by atoms with E-state index in [0.29, 0.717) is 6.04 Å². The average Bonchev–Trinajstić information content (AvgIpc) is 2.94. The smallest absolute Gasteiger partial charge is 0.0946 e. The minimum absolute atomic E-state index is 0.183. The van der Waals surface area contributed by atoms with E-state index in [9.17, 15) is 0 Å². The molecule has 0 aromatic carbocycles. The van der Waals surface area contributed by atoms with Crippen molar-refractivity contribution in [3.05, 3.63) is 36.9 Å². The van der Waals surface area contributed by atoms with E-state index in [-0.39, 0.29) is 5.41 Å². The third kappa shape index (κ3) is 3.67. The molecule has 5 nitrogen and oxygen atoms in total. The van der Waals surface area contributed by atoms with Crippen molar-refractivity contribution in [1.29, 1.82) is 0 Å². The molecule has 0 aliphatic rings. The summed E-state index contributed by atoms with van der Waals surface area (Å²) in [6, 6.07) is 0.372. The van der Waals surface area contributed by atoms with Crippen LogP contribution in [0.1, 0.15) is 26.5 Å². The predicted molar refractivity (Wildman–Crippen MR) is 75.5 cm³/mol. The zero-order valence-corrected chi connectivity index (χ0v) is 12.2. The highest BCUT2D eigenvalue weighted by molar-refractivity contribution is 4.98. The summed E-state index contributed by atoms with van der Waals surface area (Å²) < 4.78 is 4.16. The molecule has 0 saturated carbocycles. The van der Waals surface area contributed by atoms with Gasteiger partial charge in [0.25, 0.3) is 0 Å². The Morgan fingerprint density at radius 1 is 1.26 bits per heavy atom. The van der Waals surface area contributed by atoms with Gasteiger partial charge in [-0.2, -0.15) is 0 Å². The molecular formula is C14H23N5. The number of hydrogen-bond donors (Lipinski definition) is 1. The predicted octanol–water partition coefficient (Wildman–Crippen LogP) is 1.82. The fraction of sp³-hybridized carbons (Fsp3) is 0.571. The molecule has 2 heterocycles. The Labute approximate surface area is 114 Å². The second-order valence-corrected chi connectivity index (χ2v) is 6.05. The maximum Gasteiger partial charge on any atom is 0.0946 e. The molecule has 104 valence electrons. The maximum atomic E-state index is 4.15. The van der Waals surface area contributed by atoms with E-state index in [0.717, 1.165) is 13.1 Å². The summed E-state index contributed by atoms with van der Waals surface area (Å²) in [7, 11) is 2.02. The average molecular weight is 261 g/mol. The molecular weight excluding hydrogens is 238 g/mol. The van der Waals surface area contributed by atoms with E-state index in [2.05, 4.69) is 40.6 Å². The molecule has 1 N–H and O–H groups in total. The first kappa shape index (κ1) is 13.8. The zero-order valence-electron chi connectivity index (χ0n) is 12.2. The molecule has 0 bridgehead atoms. The Balaban J connectivity index is 2.00. The number of hydrogen-bond acceptors (Lipinski definition) is 3. The van der Waals surface area contributed by atoms with Crippen LogP contribution in [-0.2, 0) is 20.1 Å². The van der Waals surface area contributed by atoms with Crippen molar-refractivity contribution in [3.63, 3.8) is 0 Å². The molecule has 0 fully saturated rings. The van der Waals surface area contributed by atoms with Gasteiger partial charge in [-0.05, 0) is 5.41 Å². The summed E-state index contributed by atoms with van der Waals surface area (Å²) in [5.41, 5.74) is 1.38. The van der Waals surface area contributed by atoms with Crippen molar-refractivity contribution in [2.24, 2.45) is 12.5 Å². The van der Waals surface area contributed by atoms with Gasteiger partial charge in [-0.25, -0.2) is 9.97 Å². The molecule has 1 atom stereocenters. The van der Waals surface area contributed by atoms with E-state index >= 15 is 0 Å². The number of nitrogens with zero attached hydrogens (tertiary/aromatic N) is 4. The fourth-order valence-corrected chi connectivity index (χ4v) is 2.03. The van der Waals surface area contributed by atoms with Gasteiger partial charge >= 0.3 is 0 Å². The van der Waals surface area contributed by atoms with Gasteiger partial charge < -0.3 is 14.5 Å². The van der Waals surface area contributed by atoms with Crippen molar-refractivity contribution in [1.82, 2.24) is 24.4 Å². The Hall–Kier alpha value is -1.62. The van der Waals surface area contributed by atoms with Crippen molar-refractivity contribution >= 4 is 0 Å². The Morgan fingerprint density at radius 3 is 2.58 bits per heavy atom. The van der Waals surface area contributed by atoms with Gasteiger partial charge in [-0.15, -0.1) is 0 Å². The highest BCUT2D eigenvalue weighted by Crippen LogP contribution is 2.21. The summed E-state index contributed by atoms with van der Waals surface area (Å²) in [4.78, 5) is 8.25. The van der Waals surface area contributed by atoms with Crippen LogP contribution in [0.2, 0.25) is 0 Å². The van der Waals surface area contributed by atoms with Crippen LogP contribution >= 0.6 is 0 Å². The lowest BCUT2D eigenvalue weighted by atomic mass is 9.86. The molecule has 0 radical (unpaired) electrons. The lowest BCUT2D eigenvalue weighted by molar-refractivity contribution is 0.239. The summed E-state index contributed by atoms with van der Waals surface area (Å²) in [5.74, 6) is 0. The topological polar surface area (TPSA) is 47.7 Å². The van der Waals surface area contributed by atoms with Crippen LogP contribution in [0.25, 0.3) is 0 Å². The minimum atomic E-state index is 0.183. The second kappa shape index (κ2) is 5.57. The SMILES string of the molecule is Cn1cncc1CNC(Cn1ccnc1)C(C)(C)C. The van der Waals surface area contributed by atoms with Crippen molar-refractivity contribution in [2.45, 2.75) is 39.9 Å². The Kier molecular flexibility index (Phi) is 4.04. The molecule has 5 heteroatoms. The van der Waals surface area contributed by atoms with Crippen LogP contribution in [-0.4, -0.2) is 25.1 Å². The van der Waals surface area contributed by atoms with Gasteiger partial charge in [0.15, 0.2) is 0 Å². The monoisotopic (exact) mass is 261 g/mol. The normalized spacial score (nSPS) is 13.7. The number of rotatable bonds is 5. The van der Waals surface area contributed by atoms with Crippen LogP contribution in [0.15, 0.2) is 31.2 Å². The summed E-state index contributed by atoms with van der Waals surface area (Å²) in [5, 5.41) is 3.63. The highest BCUT2D eigenvalue weighted by atomic mass is 15.1. The van der Waals surface area contributed by atoms with E-state index in [1.807, 2.05) is 42.9 Å². The number of imidazole rings is 2. The van der Waals surface area contributed by atoms with E-state index in [1.165, 1.54) is 5.69 Å². The van der Waals surface area contributed by atoms with Gasteiger partial charge in [0.2, 0.25) is 0 Å². The standard InChI is InChI=1S/C14H23N5/c1-14(2,3)13(9-19-6-5-15-11-19)17-8-12-7-16-10-18(12)4/h5-7,10-11,13,17H,8-9H2,1-4H3. The van der Waals surface area contributed by atoms with Gasteiger partial charge in [0, 0.05) is 44.8 Å². The van der Waals surface area contributed by atoms with Crippen LogP contribution in [0.4, 0.5) is 0 Å². The van der Waals surface area contributed by atoms with E-state index < -0.39 is 0 Å². The zero-order chi connectivity index (χ0) is 13.9. The van der Waals surface area contributed by atoms with Crippen LogP contribution in [0.5, 0.6) is 0 Å². The molecule has 1 unspecified atom stereocenters. The Bertz CT molecular complexity index is 492. The van der Waals surface area contributed by atoms with Crippen molar-refractivity contribution < 1.29 is 0 Å². The lowest BCUT2D eigenvalue weighted by Gasteiger charge is -2.32. The third-order valence-electron chi connectivity index (χ3n) is 3.44. The molecule has 2 aromatic rings. The second-order valence-electron chi connectivity index (χ2n) is 6.05.